The van der Waals surface area contributed by atoms with E-state index in [2.05, 4.69) is 31.6 Å². The summed E-state index contributed by atoms with van der Waals surface area (Å²) in [5.74, 6) is -0.661. The molecule has 2 N–H and O–H groups in total. The van der Waals surface area contributed by atoms with Crippen LogP contribution in [0.25, 0.3) is 0 Å². The number of aliphatic imine (C=N–C) groups is 1. The summed E-state index contributed by atoms with van der Waals surface area (Å²) < 4.78 is 0.389. The Morgan fingerprint density at radius 3 is 2.70 bits per heavy atom. The number of non-ortho nitro benzene ring substituents is 1. The second-order valence-corrected chi connectivity index (χ2v) is 7.57. The molecule has 0 aromatic heterocycles. The van der Waals surface area contributed by atoms with Gasteiger partial charge >= 0.3 is 0 Å². The van der Waals surface area contributed by atoms with Crippen LogP contribution in [0.3, 0.4) is 0 Å². The summed E-state index contributed by atoms with van der Waals surface area (Å²) in [5.41, 5.74) is 1.01. The van der Waals surface area contributed by atoms with Gasteiger partial charge in [0, 0.05) is 23.0 Å². The van der Waals surface area contributed by atoms with Crippen LogP contribution >= 0.6 is 27.7 Å². The molecule has 10 heteroatoms. The van der Waals surface area contributed by atoms with Gasteiger partial charge in [0.15, 0.2) is 5.17 Å². The number of nitrogens with zero attached hydrogens (tertiary/aromatic N) is 2. The number of rotatable bonds is 5. The van der Waals surface area contributed by atoms with Gasteiger partial charge in [-0.1, -0.05) is 30.0 Å². The van der Waals surface area contributed by atoms with E-state index < -0.39 is 10.2 Å². The molecule has 1 aliphatic rings. The van der Waals surface area contributed by atoms with Crippen LogP contribution in [0.5, 0.6) is 0 Å². The van der Waals surface area contributed by atoms with E-state index in [1.165, 1.54) is 30.0 Å². The molecule has 2 aromatic carbocycles. The van der Waals surface area contributed by atoms with Crippen LogP contribution in [0.4, 0.5) is 17.1 Å². The Kier molecular flexibility index (Phi) is 5.87. The van der Waals surface area contributed by atoms with Gasteiger partial charge in [-0.2, -0.15) is 0 Å². The van der Waals surface area contributed by atoms with Crippen molar-refractivity contribution in [1.82, 2.24) is 5.32 Å². The van der Waals surface area contributed by atoms with Crippen molar-refractivity contribution in [1.29, 1.82) is 0 Å². The molecule has 27 heavy (non-hydrogen) atoms. The predicted octanol–water partition coefficient (Wildman–Crippen LogP) is 3.61. The maximum Gasteiger partial charge on any atom is 0.270 e. The third-order valence-electron chi connectivity index (χ3n) is 3.57. The zero-order chi connectivity index (χ0) is 19.4. The highest BCUT2D eigenvalue weighted by molar-refractivity contribution is 9.10. The van der Waals surface area contributed by atoms with Crippen molar-refractivity contribution in [2.45, 2.75) is 11.7 Å². The van der Waals surface area contributed by atoms with Gasteiger partial charge in [-0.15, -0.1) is 0 Å². The third-order valence-corrected chi connectivity index (χ3v) is 5.31. The van der Waals surface area contributed by atoms with E-state index >= 15 is 0 Å². The normalized spacial score (nSPS) is 17.6. The number of halogens is 1. The Morgan fingerprint density at radius 2 is 2.04 bits per heavy atom. The number of hydrogen-bond acceptors (Lipinski definition) is 6. The second-order valence-electron chi connectivity index (χ2n) is 5.52. The van der Waals surface area contributed by atoms with E-state index in [-0.39, 0.29) is 23.9 Å². The van der Waals surface area contributed by atoms with Crippen molar-refractivity contribution in [3.05, 3.63) is 63.1 Å². The SMILES string of the molecule is O=C(CC1SC(=Nc2ccccc2)NC1=O)Nc1ccc([N+](=O)[O-])cc1Br. The number of carbonyl (C=O) groups is 2. The predicted molar refractivity (Wildman–Crippen MR) is 107 cm³/mol. The minimum Gasteiger partial charge on any atom is -0.325 e. The van der Waals surface area contributed by atoms with Gasteiger partial charge in [-0.05, 0) is 34.1 Å². The fraction of sp³-hybridized carbons (Fsp3) is 0.118. The number of benzene rings is 2. The Bertz CT molecular complexity index is 936. The van der Waals surface area contributed by atoms with Gasteiger partial charge in [0.2, 0.25) is 11.8 Å². The van der Waals surface area contributed by atoms with Crippen LogP contribution < -0.4 is 10.6 Å². The lowest BCUT2D eigenvalue weighted by Crippen LogP contribution is -2.28. The van der Waals surface area contributed by atoms with Crippen molar-refractivity contribution in [2.24, 2.45) is 4.99 Å². The van der Waals surface area contributed by atoms with Crippen molar-refractivity contribution < 1.29 is 14.5 Å². The number of nitro benzene ring substituents is 1. The molecule has 0 spiro atoms. The molecule has 1 saturated heterocycles. The Labute approximate surface area is 166 Å². The van der Waals surface area contributed by atoms with Crippen molar-refractivity contribution in [3.8, 4) is 0 Å². The van der Waals surface area contributed by atoms with Gasteiger partial charge in [-0.3, -0.25) is 19.7 Å². The lowest BCUT2D eigenvalue weighted by molar-refractivity contribution is -0.384. The minimum atomic E-state index is -0.593. The molecule has 0 saturated carbocycles. The first kappa shape index (κ1) is 19.1. The molecule has 1 fully saturated rings. The summed E-state index contributed by atoms with van der Waals surface area (Å²) >= 11 is 4.38. The van der Waals surface area contributed by atoms with E-state index in [1.54, 1.807) is 0 Å². The largest absolute Gasteiger partial charge is 0.325 e. The molecule has 2 aromatic rings. The second kappa shape index (κ2) is 8.31. The summed E-state index contributed by atoms with van der Waals surface area (Å²) in [6, 6.07) is 13.2. The average Bonchev–Trinajstić information content (AvgIpc) is 2.96. The number of carbonyl (C=O) groups excluding carboxylic acids is 2. The first-order chi connectivity index (χ1) is 12.9. The fourth-order valence-corrected chi connectivity index (χ4v) is 3.75. The number of nitrogens with one attached hydrogen (secondary N) is 2. The zero-order valence-corrected chi connectivity index (χ0v) is 16.1. The maximum absolute atomic E-state index is 12.3. The number of para-hydroxylation sites is 1. The van der Waals surface area contributed by atoms with Crippen LogP contribution in [0.15, 0.2) is 58.0 Å². The lowest BCUT2D eigenvalue weighted by Gasteiger charge is -2.09. The summed E-state index contributed by atoms with van der Waals surface area (Å²) in [4.78, 5) is 38.9. The molecule has 1 unspecified atom stereocenters. The van der Waals surface area contributed by atoms with Crippen LogP contribution in [0.1, 0.15) is 6.42 Å². The molecule has 0 radical (unpaired) electrons. The van der Waals surface area contributed by atoms with Crippen molar-refractivity contribution in [2.75, 3.05) is 5.32 Å². The quantitative estimate of drug-likeness (QED) is 0.535. The highest BCUT2D eigenvalue weighted by Gasteiger charge is 2.32. The summed E-state index contributed by atoms with van der Waals surface area (Å²) in [5, 5.41) is 15.9. The van der Waals surface area contributed by atoms with Crippen LogP contribution in [0, 0.1) is 10.1 Å². The number of amidine groups is 1. The van der Waals surface area contributed by atoms with Crippen molar-refractivity contribution in [3.63, 3.8) is 0 Å². The van der Waals surface area contributed by atoms with Gasteiger partial charge in [0.05, 0.1) is 16.3 Å². The molecule has 3 rings (SSSR count). The van der Waals surface area contributed by atoms with E-state index in [9.17, 15) is 19.7 Å². The van der Waals surface area contributed by atoms with Gasteiger partial charge in [0.25, 0.3) is 5.69 Å². The van der Waals surface area contributed by atoms with Crippen LogP contribution in [0.2, 0.25) is 0 Å². The van der Waals surface area contributed by atoms with Gasteiger partial charge < -0.3 is 10.6 Å². The van der Waals surface area contributed by atoms with Crippen LogP contribution in [-0.2, 0) is 9.59 Å². The van der Waals surface area contributed by atoms with E-state index in [4.69, 9.17) is 0 Å². The fourth-order valence-electron chi connectivity index (χ4n) is 2.30. The molecule has 2 amide bonds. The highest BCUT2D eigenvalue weighted by atomic mass is 79.9. The number of anilines is 1. The number of nitro groups is 1. The molecule has 0 bridgehead atoms. The molecule has 1 heterocycles. The summed E-state index contributed by atoms with van der Waals surface area (Å²) in [6.45, 7) is 0. The van der Waals surface area contributed by atoms with E-state index in [0.29, 0.717) is 21.0 Å². The smallest absolute Gasteiger partial charge is 0.270 e. The molecular weight excluding hydrogens is 436 g/mol. The first-order valence-corrected chi connectivity index (χ1v) is 9.44. The Balaban J connectivity index is 1.62. The monoisotopic (exact) mass is 448 g/mol. The first-order valence-electron chi connectivity index (χ1n) is 7.77. The number of amides is 2. The summed E-state index contributed by atoms with van der Waals surface area (Å²) in [7, 11) is 0. The molecule has 1 atom stereocenters. The molecule has 0 aliphatic carbocycles. The molecule has 8 nitrogen and oxygen atoms in total. The average molecular weight is 449 g/mol. The maximum atomic E-state index is 12.3. The minimum absolute atomic E-state index is 0.0479. The van der Waals surface area contributed by atoms with E-state index in [1.807, 2.05) is 30.3 Å². The van der Waals surface area contributed by atoms with Crippen molar-refractivity contribution >= 4 is 61.7 Å². The number of hydrogen-bond donors (Lipinski definition) is 2. The molecule has 1 aliphatic heterocycles. The Morgan fingerprint density at radius 1 is 1.30 bits per heavy atom. The highest BCUT2D eigenvalue weighted by Crippen LogP contribution is 2.29. The zero-order valence-electron chi connectivity index (χ0n) is 13.7. The molecule has 138 valence electrons. The molecular formula is C17H13BrN4O4S. The third kappa shape index (κ3) is 4.92. The van der Waals surface area contributed by atoms with Gasteiger partial charge in [-0.25, -0.2) is 4.99 Å². The van der Waals surface area contributed by atoms with E-state index in [0.717, 1.165) is 0 Å². The van der Waals surface area contributed by atoms with Crippen LogP contribution in [-0.4, -0.2) is 27.2 Å². The van der Waals surface area contributed by atoms with Gasteiger partial charge in [0.1, 0.15) is 5.25 Å². The standard InChI is InChI=1S/C17H13BrN4O4S/c18-12-8-11(22(25)26)6-7-13(12)20-15(23)9-14-16(24)21-17(27-14)19-10-4-2-1-3-5-10/h1-8,14H,9H2,(H,20,23)(H,19,21,24). The topological polar surface area (TPSA) is 114 Å². The summed E-state index contributed by atoms with van der Waals surface area (Å²) in [6.07, 6.45) is -0.0479. The Hall–Kier alpha value is -2.72. The number of thioether (sulfide) groups is 1. The lowest BCUT2D eigenvalue weighted by atomic mass is 10.2.